The lowest BCUT2D eigenvalue weighted by molar-refractivity contribution is -0.141. The Labute approximate surface area is 179 Å². The Kier molecular flexibility index (Phi) is 6.17. The average Bonchev–Trinajstić information content (AvgIpc) is 2.52. The summed E-state index contributed by atoms with van der Waals surface area (Å²) in [7, 11) is 0. The highest BCUT2D eigenvalue weighted by molar-refractivity contribution is 5.52. The number of alkyl halides is 3. The molecule has 0 heterocycles. The number of benzene rings is 2. The van der Waals surface area contributed by atoms with Crippen molar-refractivity contribution < 1.29 is 18.3 Å². The fourth-order valence-electron chi connectivity index (χ4n) is 3.71. The Hall–Kier alpha value is -1.97. The van der Waals surface area contributed by atoms with Crippen LogP contribution in [0.5, 0.6) is 5.75 Å². The van der Waals surface area contributed by atoms with Gasteiger partial charge >= 0.3 is 6.18 Å². The molecule has 1 atom stereocenters. The first-order valence-electron chi connectivity index (χ1n) is 10.4. The summed E-state index contributed by atoms with van der Waals surface area (Å²) >= 11 is 0. The molecule has 0 spiro atoms. The Morgan fingerprint density at radius 2 is 1.03 bits per heavy atom. The highest BCUT2D eigenvalue weighted by Gasteiger charge is 2.43. The summed E-state index contributed by atoms with van der Waals surface area (Å²) in [6.07, 6.45) is -4.45. The Balaban J connectivity index is 2.78. The molecule has 2 rings (SSSR count). The molecule has 0 aliphatic carbocycles. The summed E-state index contributed by atoms with van der Waals surface area (Å²) in [5.41, 5.74) is 1.31. The summed E-state index contributed by atoms with van der Waals surface area (Å²) < 4.78 is 43.0. The van der Waals surface area contributed by atoms with Gasteiger partial charge < -0.3 is 5.11 Å². The first-order chi connectivity index (χ1) is 13.3. The van der Waals surface area contributed by atoms with E-state index in [0.717, 1.165) is 5.56 Å². The van der Waals surface area contributed by atoms with Gasteiger partial charge in [-0.2, -0.15) is 13.2 Å². The van der Waals surface area contributed by atoms with Crippen LogP contribution in [-0.4, -0.2) is 11.3 Å². The molecule has 1 nitrogen and oxygen atoms in total. The van der Waals surface area contributed by atoms with Gasteiger partial charge in [0.05, 0.1) is 0 Å². The monoisotopic (exact) mass is 420 g/mol. The quantitative estimate of drug-likeness (QED) is 0.522. The highest BCUT2D eigenvalue weighted by Crippen LogP contribution is 2.46. The topological polar surface area (TPSA) is 20.2 Å². The lowest BCUT2D eigenvalue weighted by Crippen LogP contribution is -2.25. The fraction of sp³-hybridized carbons (Fsp3) is 0.538. The van der Waals surface area contributed by atoms with Crippen LogP contribution in [0.2, 0.25) is 0 Å². The van der Waals surface area contributed by atoms with Gasteiger partial charge in [-0.15, -0.1) is 0 Å². The van der Waals surface area contributed by atoms with Gasteiger partial charge in [-0.3, -0.25) is 0 Å². The predicted octanol–water partition coefficient (Wildman–Crippen LogP) is 7.98. The van der Waals surface area contributed by atoms with E-state index in [2.05, 4.69) is 0 Å². The third-order valence-electron chi connectivity index (χ3n) is 5.52. The predicted molar refractivity (Wildman–Crippen MR) is 119 cm³/mol. The second-order valence-electron chi connectivity index (χ2n) is 11.3. The van der Waals surface area contributed by atoms with Gasteiger partial charge in [0.25, 0.3) is 0 Å². The maximum absolute atomic E-state index is 14.3. The number of aromatic hydroxyl groups is 1. The van der Waals surface area contributed by atoms with Crippen LogP contribution in [0, 0.1) is 0 Å². The summed E-state index contributed by atoms with van der Waals surface area (Å²) in [5, 5.41) is 10.9. The van der Waals surface area contributed by atoms with E-state index in [1.807, 2.05) is 62.3 Å². The molecule has 2 aromatic rings. The Bertz CT molecular complexity index is 851. The van der Waals surface area contributed by atoms with Crippen LogP contribution in [0.4, 0.5) is 13.2 Å². The van der Waals surface area contributed by atoms with Crippen molar-refractivity contribution in [2.45, 2.75) is 90.7 Å². The third-order valence-corrected chi connectivity index (χ3v) is 5.52. The summed E-state index contributed by atoms with van der Waals surface area (Å²) in [5.74, 6) is -1.67. The van der Waals surface area contributed by atoms with Crippen LogP contribution >= 0.6 is 0 Å². The van der Waals surface area contributed by atoms with Crippen molar-refractivity contribution >= 4 is 0 Å². The van der Waals surface area contributed by atoms with Gasteiger partial charge in [-0.25, -0.2) is 0 Å². The molecule has 1 unspecified atom stereocenters. The SMILES string of the molecule is CC(C)(C)c1ccc(C(c2cc(C(C)(C)C)c(O)c(C(C)(C)C)c2)C(F)(F)F)cc1. The van der Waals surface area contributed by atoms with E-state index in [9.17, 15) is 18.3 Å². The van der Waals surface area contributed by atoms with Gasteiger partial charge in [-0.1, -0.05) is 98.7 Å². The van der Waals surface area contributed by atoms with Crippen molar-refractivity contribution in [1.82, 2.24) is 0 Å². The van der Waals surface area contributed by atoms with Crippen molar-refractivity contribution in [3.05, 3.63) is 64.2 Å². The summed E-state index contributed by atoms with van der Waals surface area (Å²) in [6, 6.07) is 9.78. The van der Waals surface area contributed by atoms with Crippen LogP contribution in [0.1, 0.15) is 96.0 Å². The van der Waals surface area contributed by atoms with Crippen molar-refractivity contribution in [3.8, 4) is 5.75 Å². The minimum Gasteiger partial charge on any atom is -0.507 e. The zero-order valence-electron chi connectivity index (χ0n) is 19.6. The molecule has 0 fully saturated rings. The van der Waals surface area contributed by atoms with Crippen molar-refractivity contribution in [1.29, 1.82) is 0 Å². The van der Waals surface area contributed by atoms with Crippen molar-refractivity contribution in [3.63, 3.8) is 0 Å². The zero-order valence-corrected chi connectivity index (χ0v) is 19.6. The molecule has 1 N–H and O–H groups in total. The minimum absolute atomic E-state index is 0.0859. The molecule has 4 heteroatoms. The Morgan fingerprint density at radius 3 is 1.33 bits per heavy atom. The highest BCUT2D eigenvalue weighted by atomic mass is 19.4. The molecule has 0 amide bonds. The van der Waals surface area contributed by atoms with Crippen molar-refractivity contribution in [2.24, 2.45) is 0 Å². The maximum Gasteiger partial charge on any atom is 0.399 e. The largest absolute Gasteiger partial charge is 0.507 e. The fourth-order valence-corrected chi connectivity index (χ4v) is 3.71. The molecular formula is C26H35F3O. The minimum atomic E-state index is -4.45. The normalized spacial score (nSPS) is 14.7. The maximum atomic E-state index is 14.3. The van der Waals surface area contributed by atoms with E-state index in [1.54, 1.807) is 24.3 Å². The first-order valence-corrected chi connectivity index (χ1v) is 10.4. The van der Waals surface area contributed by atoms with Crippen LogP contribution in [0.15, 0.2) is 36.4 Å². The number of rotatable bonds is 2. The lowest BCUT2D eigenvalue weighted by atomic mass is 9.76. The van der Waals surface area contributed by atoms with Gasteiger partial charge in [0, 0.05) is 0 Å². The number of phenols is 1. The van der Waals surface area contributed by atoms with E-state index >= 15 is 0 Å². The average molecular weight is 421 g/mol. The number of phenolic OH excluding ortho intramolecular Hbond substituents is 1. The summed E-state index contributed by atoms with van der Waals surface area (Å²) in [4.78, 5) is 0. The van der Waals surface area contributed by atoms with Crippen molar-refractivity contribution in [2.75, 3.05) is 0 Å². The van der Waals surface area contributed by atoms with Crippen LogP contribution in [0.3, 0.4) is 0 Å². The molecule has 0 radical (unpaired) electrons. The molecule has 0 saturated heterocycles. The number of halogens is 3. The lowest BCUT2D eigenvalue weighted by Gasteiger charge is -2.31. The Morgan fingerprint density at radius 1 is 0.633 bits per heavy atom. The van der Waals surface area contributed by atoms with Crippen LogP contribution in [0.25, 0.3) is 0 Å². The molecule has 30 heavy (non-hydrogen) atoms. The molecule has 166 valence electrons. The van der Waals surface area contributed by atoms with Gasteiger partial charge in [0.2, 0.25) is 0 Å². The zero-order chi connectivity index (χ0) is 23.3. The standard InChI is InChI=1S/C26H35F3O/c1-23(2,3)18-12-10-16(11-13-18)21(26(27,28)29)17-14-19(24(4,5)6)22(30)20(15-17)25(7,8)9/h10-15,21,30H,1-9H3. The van der Waals surface area contributed by atoms with E-state index in [1.165, 1.54) is 12.1 Å². The van der Waals surface area contributed by atoms with Gasteiger partial charge in [-0.05, 0) is 44.1 Å². The second kappa shape index (κ2) is 7.62. The first kappa shape index (κ1) is 24.3. The van der Waals surface area contributed by atoms with E-state index in [-0.39, 0.29) is 22.3 Å². The van der Waals surface area contributed by atoms with Gasteiger partial charge in [0.15, 0.2) is 0 Å². The molecule has 0 aliphatic heterocycles. The smallest absolute Gasteiger partial charge is 0.399 e. The van der Waals surface area contributed by atoms with E-state index in [0.29, 0.717) is 11.1 Å². The molecule has 0 aromatic heterocycles. The van der Waals surface area contributed by atoms with Crippen LogP contribution < -0.4 is 0 Å². The molecule has 2 aromatic carbocycles. The van der Waals surface area contributed by atoms with E-state index in [4.69, 9.17) is 0 Å². The van der Waals surface area contributed by atoms with E-state index < -0.39 is 22.9 Å². The molecular weight excluding hydrogens is 385 g/mol. The summed E-state index contributed by atoms with van der Waals surface area (Å²) in [6.45, 7) is 17.5. The second-order valence-corrected chi connectivity index (χ2v) is 11.3. The molecule has 0 bridgehead atoms. The number of hydrogen-bond acceptors (Lipinski definition) is 1. The number of hydrogen-bond donors (Lipinski definition) is 1. The molecule has 0 aliphatic rings. The third kappa shape index (κ3) is 5.19. The van der Waals surface area contributed by atoms with Crippen LogP contribution in [-0.2, 0) is 16.2 Å². The molecule has 0 saturated carbocycles. The van der Waals surface area contributed by atoms with Gasteiger partial charge in [0.1, 0.15) is 11.7 Å².